The SMILES string of the molecule is COc1ccc(CN(C)C(=O)CCc2nc3ccccc3[nH]2)cc1F. The standard InChI is InChI=1S/C19H20FN3O2/c1-23(12-13-7-8-17(25-2)14(20)11-13)19(24)10-9-18-21-15-5-3-4-6-16(15)22-18/h3-8,11H,9-10,12H2,1-2H3,(H,21,22). The molecule has 3 aromatic rings. The number of nitrogens with one attached hydrogen (secondary N) is 1. The molecule has 0 saturated carbocycles. The van der Waals surface area contributed by atoms with Gasteiger partial charge in [-0.3, -0.25) is 4.79 Å². The lowest BCUT2D eigenvalue weighted by Crippen LogP contribution is -2.26. The van der Waals surface area contributed by atoms with E-state index in [4.69, 9.17) is 4.74 Å². The van der Waals surface area contributed by atoms with Crippen molar-refractivity contribution in [2.24, 2.45) is 0 Å². The molecular formula is C19H20FN3O2. The van der Waals surface area contributed by atoms with Crippen molar-refractivity contribution in [2.75, 3.05) is 14.2 Å². The maximum absolute atomic E-state index is 13.7. The molecule has 3 rings (SSSR count). The van der Waals surface area contributed by atoms with E-state index in [0.29, 0.717) is 19.4 Å². The third-order valence-corrected chi connectivity index (χ3v) is 4.08. The molecule has 1 N–H and O–H groups in total. The van der Waals surface area contributed by atoms with Gasteiger partial charge in [-0.05, 0) is 29.8 Å². The minimum absolute atomic E-state index is 0.0170. The van der Waals surface area contributed by atoms with Crippen LogP contribution in [0.5, 0.6) is 5.75 Å². The van der Waals surface area contributed by atoms with E-state index >= 15 is 0 Å². The highest BCUT2D eigenvalue weighted by Gasteiger charge is 2.12. The molecule has 1 amide bonds. The molecule has 0 aliphatic heterocycles. The van der Waals surface area contributed by atoms with Crippen LogP contribution in [-0.2, 0) is 17.8 Å². The van der Waals surface area contributed by atoms with Crippen LogP contribution < -0.4 is 4.74 Å². The second-order valence-corrected chi connectivity index (χ2v) is 5.92. The van der Waals surface area contributed by atoms with E-state index in [1.54, 1.807) is 24.1 Å². The molecule has 1 aromatic heterocycles. The first-order chi connectivity index (χ1) is 12.1. The number of rotatable bonds is 6. The quantitative estimate of drug-likeness (QED) is 0.748. The Labute approximate surface area is 145 Å². The summed E-state index contributed by atoms with van der Waals surface area (Å²) in [6.07, 6.45) is 0.879. The van der Waals surface area contributed by atoms with E-state index in [1.807, 2.05) is 24.3 Å². The number of imidazole rings is 1. The summed E-state index contributed by atoms with van der Waals surface area (Å²) >= 11 is 0. The summed E-state index contributed by atoms with van der Waals surface area (Å²) in [6.45, 7) is 0.347. The van der Waals surface area contributed by atoms with Crippen LogP contribution in [0.15, 0.2) is 42.5 Å². The predicted molar refractivity (Wildman–Crippen MR) is 93.8 cm³/mol. The number of nitrogens with zero attached hydrogens (tertiary/aromatic N) is 2. The number of benzene rings is 2. The summed E-state index contributed by atoms with van der Waals surface area (Å²) < 4.78 is 18.6. The number of carbonyl (C=O) groups is 1. The number of methoxy groups -OCH3 is 1. The van der Waals surface area contributed by atoms with E-state index in [0.717, 1.165) is 22.4 Å². The Morgan fingerprint density at radius 3 is 2.80 bits per heavy atom. The minimum atomic E-state index is -0.428. The molecule has 5 nitrogen and oxygen atoms in total. The smallest absolute Gasteiger partial charge is 0.223 e. The van der Waals surface area contributed by atoms with E-state index in [9.17, 15) is 9.18 Å². The number of H-pyrrole nitrogens is 1. The highest BCUT2D eigenvalue weighted by molar-refractivity contribution is 5.77. The molecular weight excluding hydrogens is 321 g/mol. The zero-order valence-corrected chi connectivity index (χ0v) is 14.3. The Bertz CT molecular complexity index is 858. The number of hydrogen-bond donors (Lipinski definition) is 1. The molecule has 0 radical (unpaired) electrons. The first-order valence-corrected chi connectivity index (χ1v) is 8.07. The highest BCUT2D eigenvalue weighted by atomic mass is 19.1. The molecule has 0 unspecified atom stereocenters. The zero-order valence-electron chi connectivity index (χ0n) is 14.3. The van der Waals surface area contributed by atoms with E-state index in [2.05, 4.69) is 9.97 Å². The van der Waals surface area contributed by atoms with Crippen molar-refractivity contribution in [3.05, 3.63) is 59.7 Å². The lowest BCUT2D eigenvalue weighted by molar-refractivity contribution is -0.130. The van der Waals surface area contributed by atoms with Crippen LogP contribution in [0.2, 0.25) is 0 Å². The molecule has 0 bridgehead atoms. The van der Waals surface area contributed by atoms with Crippen LogP contribution >= 0.6 is 0 Å². The maximum atomic E-state index is 13.7. The summed E-state index contributed by atoms with van der Waals surface area (Å²) in [7, 11) is 3.13. The van der Waals surface area contributed by atoms with Crippen molar-refractivity contribution in [3.8, 4) is 5.75 Å². The number of hydrogen-bond acceptors (Lipinski definition) is 3. The topological polar surface area (TPSA) is 58.2 Å². The second kappa shape index (κ2) is 7.34. The lowest BCUT2D eigenvalue weighted by atomic mass is 10.2. The number of aryl methyl sites for hydroxylation is 1. The van der Waals surface area contributed by atoms with E-state index in [1.165, 1.54) is 13.2 Å². The van der Waals surface area contributed by atoms with Crippen molar-refractivity contribution < 1.29 is 13.9 Å². The largest absolute Gasteiger partial charge is 0.494 e. The predicted octanol–water partition coefficient (Wildman–Crippen LogP) is 3.30. The number of aromatic nitrogens is 2. The average Bonchev–Trinajstić information content (AvgIpc) is 3.02. The van der Waals surface area contributed by atoms with Crippen LogP contribution in [0.4, 0.5) is 4.39 Å². The van der Waals surface area contributed by atoms with Gasteiger partial charge in [0.05, 0.1) is 18.1 Å². The van der Waals surface area contributed by atoms with Gasteiger partial charge >= 0.3 is 0 Å². The molecule has 0 spiro atoms. The normalized spacial score (nSPS) is 10.8. The fourth-order valence-corrected chi connectivity index (χ4v) is 2.71. The first-order valence-electron chi connectivity index (χ1n) is 8.07. The monoisotopic (exact) mass is 341 g/mol. The average molecular weight is 341 g/mol. The summed E-state index contributed by atoms with van der Waals surface area (Å²) in [5, 5.41) is 0. The van der Waals surface area contributed by atoms with Crippen LogP contribution in [0.1, 0.15) is 17.8 Å². The Morgan fingerprint density at radius 1 is 1.28 bits per heavy atom. The van der Waals surface area contributed by atoms with Crippen molar-refractivity contribution in [1.29, 1.82) is 0 Å². The van der Waals surface area contributed by atoms with E-state index in [-0.39, 0.29) is 11.7 Å². The van der Waals surface area contributed by atoms with Gasteiger partial charge in [0.2, 0.25) is 5.91 Å². The Kier molecular flexibility index (Phi) is 4.97. The fourth-order valence-electron chi connectivity index (χ4n) is 2.71. The number of halogens is 1. The van der Waals surface area contributed by atoms with Crippen LogP contribution in [-0.4, -0.2) is 34.9 Å². The molecule has 130 valence electrons. The summed E-state index contributed by atoms with van der Waals surface area (Å²) in [5.74, 6) is 0.542. The number of ether oxygens (including phenoxy) is 1. The number of fused-ring (bicyclic) bond motifs is 1. The Hall–Kier alpha value is -2.89. The Balaban J connectivity index is 1.57. The number of aromatic amines is 1. The van der Waals surface area contributed by atoms with Crippen molar-refractivity contribution in [2.45, 2.75) is 19.4 Å². The van der Waals surface area contributed by atoms with Crippen LogP contribution in [0.3, 0.4) is 0 Å². The molecule has 1 heterocycles. The van der Waals surface area contributed by atoms with E-state index < -0.39 is 5.82 Å². The van der Waals surface area contributed by atoms with Gasteiger partial charge in [-0.1, -0.05) is 18.2 Å². The molecule has 0 aliphatic rings. The molecule has 0 saturated heterocycles. The number of para-hydroxylation sites is 2. The molecule has 0 atom stereocenters. The molecule has 0 fully saturated rings. The van der Waals surface area contributed by atoms with Crippen LogP contribution in [0, 0.1) is 5.82 Å². The van der Waals surface area contributed by atoms with Gasteiger partial charge in [0, 0.05) is 26.4 Å². The van der Waals surface area contributed by atoms with Crippen LogP contribution in [0.25, 0.3) is 11.0 Å². The van der Waals surface area contributed by atoms with Gasteiger partial charge in [0.15, 0.2) is 11.6 Å². The second-order valence-electron chi connectivity index (χ2n) is 5.92. The third-order valence-electron chi connectivity index (χ3n) is 4.08. The van der Waals surface area contributed by atoms with Gasteiger partial charge in [-0.15, -0.1) is 0 Å². The van der Waals surface area contributed by atoms with Crippen molar-refractivity contribution in [3.63, 3.8) is 0 Å². The van der Waals surface area contributed by atoms with Gasteiger partial charge in [0.1, 0.15) is 5.82 Å². The number of carbonyl (C=O) groups excluding carboxylic acids is 1. The van der Waals surface area contributed by atoms with Gasteiger partial charge < -0.3 is 14.6 Å². The fraction of sp³-hybridized carbons (Fsp3) is 0.263. The third kappa shape index (κ3) is 3.96. The molecule has 2 aromatic carbocycles. The molecule has 0 aliphatic carbocycles. The van der Waals surface area contributed by atoms with Gasteiger partial charge in [0.25, 0.3) is 0 Å². The Morgan fingerprint density at radius 2 is 2.08 bits per heavy atom. The van der Waals surface area contributed by atoms with Crippen molar-refractivity contribution >= 4 is 16.9 Å². The summed E-state index contributed by atoms with van der Waals surface area (Å²) in [6, 6.07) is 12.5. The first kappa shape index (κ1) is 17.0. The summed E-state index contributed by atoms with van der Waals surface area (Å²) in [5.41, 5.74) is 2.58. The van der Waals surface area contributed by atoms with Gasteiger partial charge in [-0.25, -0.2) is 9.37 Å². The summed E-state index contributed by atoms with van der Waals surface area (Å²) in [4.78, 5) is 21.6. The van der Waals surface area contributed by atoms with Crippen molar-refractivity contribution in [1.82, 2.24) is 14.9 Å². The zero-order chi connectivity index (χ0) is 17.8. The molecule has 6 heteroatoms. The minimum Gasteiger partial charge on any atom is -0.494 e. The lowest BCUT2D eigenvalue weighted by Gasteiger charge is -2.17. The van der Waals surface area contributed by atoms with Gasteiger partial charge in [-0.2, -0.15) is 0 Å². The highest BCUT2D eigenvalue weighted by Crippen LogP contribution is 2.19. The number of amides is 1. The maximum Gasteiger partial charge on any atom is 0.223 e. The molecule has 25 heavy (non-hydrogen) atoms.